The largest absolute Gasteiger partial charge is 0.142 e. The first-order valence-electron chi connectivity index (χ1n) is 4.06. The van der Waals surface area contributed by atoms with Crippen molar-refractivity contribution in [2.24, 2.45) is 0 Å². The predicted molar refractivity (Wildman–Crippen MR) is 70.9 cm³/mol. The van der Waals surface area contributed by atoms with E-state index in [2.05, 4.69) is 39.7 Å². The minimum Gasteiger partial charge on any atom is -0.142 e. The number of thiophene rings is 1. The van der Waals surface area contributed by atoms with Crippen LogP contribution < -0.4 is 0 Å². The summed E-state index contributed by atoms with van der Waals surface area (Å²) in [5.74, 6) is 0.588. The van der Waals surface area contributed by atoms with Gasteiger partial charge in [-0.05, 0) is 50.6 Å². The minimum absolute atomic E-state index is 0.588. The van der Waals surface area contributed by atoms with E-state index in [1.165, 1.54) is 25.0 Å². The highest BCUT2D eigenvalue weighted by Gasteiger charge is 2.07. The van der Waals surface area contributed by atoms with Crippen LogP contribution in [0.5, 0.6) is 0 Å². The monoisotopic (exact) mass is 306 g/mol. The van der Waals surface area contributed by atoms with Crippen LogP contribution in [0, 0.1) is 0 Å². The minimum atomic E-state index is 0.588. The van der Waals surface area contributed by atoms with Crippen LogP contribution in [0.1, 0.15) is 5.56 Å². The Morgan fingerprint density at radius 3 is 2.93 bits per heavy atom. The van der Waals surface area contributed by atoms with Crippen molar-refractivity contribution in [3.05, 3.63) is 27.5 Å². The third-order valence-electron chi connectivity index (χ3n) is 2.06. The highest BCUT2D eigenvalue weighted by Crippen LogP contribution is 2.36. The van der Waals surface area contributed by atoms with Gasteiger partial charge in [-0.1, -0.05) is 0 Å². The van der Waals surface area contributed by atoms with Crippen molar-refractivity contribution >= 4 is 60.7 Å². The van der Waals surface area contributed by atoms with Gasteiger partial charge in [-0.3, -0.25) is 0 Å². The van der Waals surface area contributed by atoms with E-state index in [9.17, 15) is 0 Å². The summed E-state index contributed by atoms with van der Waals surface area (Å²) in [7, 11) is 0. The van der Waals surface area contributed by atoms with E-state index in [1.807, 2.05) is 0 Å². The topological polar surface area (TPSA) is 0 Å². The lowest BCUT2D eigenvalue weighted by Crippen LogP contribution is -1.76. The molecule has 0 aliphatic rings. The van der Waals surface area contributed by atoms with Gasteiger partial charge < -0.3 is 0 Å². The van der Waals surface area contributed by atoms with Gasteiger partial charge in [0.1, 0.15) is 0 Å². The Morgan fingerprint density at radius 1 is 1.50 bits per heavy atom. The summed E-state index contributed by atoms with van der Waals surface area (Å²) in [4.78, 5) is 1.27. The maximum atomic E-state index is 5.88. The number of halogens is 2. The normalized spacial score (nSPS) is 11.1. The lowest BCUT2D eigenvalue weighted by atomic mass is 10.2. The molecule has 0 aliphatic heterocycles. The summed E-state index contributed by atoms with van der Waals surface area (Å²) in [6.07, 6.45) is 2.08. The average molecular weight is 308 g/mol. The molecule has 74 valence electrons. The summed E-state index contributed by atoms with van der Waals surface area (Å²) in [5, 5.41) is 3.41. The zero-order valence-electron chi connectivity index (χ0n) is 7.51. The van der Waals surface area contributed by atoms with Gasteiger partial charge in [-0.25, -0.2) is 0 Å². The van der Waals surface area contributed by atoms with Crippen LogP contribution in [0.2, 0.25) is 0 Å². The molecule has 0 bridgehead atoms. The van der Waals surface area contributed by atoms with Gasteiger partial charge in [0.25, 0.3) is 0 Å². The molecule has 1 heterocycles. The van der Waals surface area contributed by atoms with Crippen LogP contribution in [-0.2, 0) is 5.88 Å². The summed E-state index contributed by atoms with van der Waals surface area (Å²) in [6.45, 7) is 0. The zero-order valence-corrected chi connectivity index (χ0v) is 11.5. The molecule has 0 N–H and O–H groups in total. The van der Waals surface area contributed by atoms with Crippen LogP contribution in [0.3, 0.4) is 0 Å². The van der Waals surface area contributed by atoms with Gasteiger partial charge in [-0.2, -0.15) is 0 Å². The third kappa shape index (κ3) is 1.83. The second-order valence-corrected chi connectivity index (χ2v) is 5.76. The average Bonchev–Trinajstić information content (AvgIpc) is 2.61. The smallest absolute Gasteiger partial charge is 0.0488 e. The molecule has 4 heteroatoms. The molecule has 1 aromatic heterocycles. The lowest BCUT2D eigenvalue weighted by molar-refractivity contribution is 1.45. The summed E-state index contributed by atoms with van der Waals surface area (Å²) >= 11 is 13.0. The van der Waals surface area contributed by atoms with Crippen molar-refractivity contribution < 1.29 is 0 Å². The number of rotatable bonds is 2. The van der Waals surface area contributed by atoms with Gasteiger partial charge >= 0.3 is 0 Å². The standard InChI is InChI=1S/C10H8BrClS2/c1-13-7-2-8-6(4-12)5-14-10(8)9(11)3-7/h2-3,5H,4H2,1H3. The van der Waals surface area contributed by atoms with Crippen LogP contribution in [-0.4, -0.2) is 6.26 Å². The number of benzene rings is 1. The molecule has 0 fully saturated rings. The molecule has 14 heavy (non-hydrogen) atoms. The van der Waals surface area contributed by atoms with Crippen molar-refractivity contribution in [1.82, 2.24) is 0 Å². The second kappa shape index (κ2) is 4.44. The maximum Gasteiger partial charge on any atom is 0.0488 e. The molecule has 0 saturated carbocycles. The second-order valence-electron chi connectivity index (χ2n) is 2.88. The van der Waals surface area contributed by atoms with E-state index < -0.39 is 0 Å². The number of hydrogen-bond donors (Lipinski definition) is 0. The molecule has 0 amide bonds. The predicted octanol–water partition coefficient (Wildman–Crippen LogP) is 5.12. The van der Waals surface area contributed by atoms with E-state index >= 15 is 0 Å². The Hall–Kier alpha value is 0.300. The van der Waals surface area contributed by atoms with Gasteiger partial charge in [-0.15, -0.1) is 34.7 Å². The first-order chi connectivity index (χ1) is 6.76. The molecule has 0 nitrogen and oxygen atoms in total. The van der Waals surface area contributed by atoms with E-state index in [0.717, 1.165) is 0 Å². The van der Waals surface area contributed by atoms with Crippen molar-refractivity contribution in [3.8, 4) is 0 Å². The molecule has 2 rings (SSSR count). The summed E-state index contributed by atoms with van der Waals surface area (Å²) in [5.41, 5.74) is 1.23. The van der Waals surface area contributed by atoms with E-state index in [1.54, 1.807) is 23.1 Å². The van der Waals surface area contributed by atoms with Crippen LogP contribution in [0.15, 0.2) is 26.9 Å². The van der Waals surface area contributed by atoms with Crippen molar-refractivity contribution in [2.75, 3.05) is 6.26 Å². The fourth-order valence-electron chi connectivity index (χ4n) is 1.34. The number of thioether (sulfide) groups is 1. The quantitative estimate of drug-likeness (QED) is 0.548. The van der Waals surface area contributed by atoms with E-state index in [0.29, 0.717) is 5.88 Å². The fraction of sp³-hybridized carbons (Fsp3) is 0.200. The number of fused-ring (bicyclic) bond motifs is 1. The lowest BCUT2D eigenvalue weighted by Gasteiger charge is -2.00. The van der Waals surface area contributed by atoms with E-state index in [4.69, 9.17) is 11.6 Å². The van der Waals surface area contributed by atoms with Crippen LogP contribution in [0.25, 0.3) is 10.1 Å². The van der Waals surface area contributed by atoms with E-state index in [-0.39, 0.29) is 0 Å². The molecule has 1 aromatic carbocycles. The molecule has 0 aliphatic carbocycles. The SMILES string of the molecule is CSc1cc(Br)c2scc(CCl)c2c1. The fourth-order valence-corrected chi connectivity index (χ4v) is 3.98. The Labute approximate surface area is 105 Å². The Morgan fingerprint density at radius 2 is 2.29 bits per heavy atom. The summed E-state index contributed by atoms with van der Waals surface area (Å²) in [6, 6.07) is 4.36. The number of alkyl halides is 1. The highest BCUT2D eigenvalue weighted by molar-refractivity contribution is 9.10. The van der Waals surface area contributed by atoms with Gasteiger partial charge in [0, 0.05) is 19.9 Å². The van der Waals surface area contributed by atoms with Gasteiger partial charge in [0.15, 0.2) is 0 Å². The molecule has 0 atom stereocenters. The van der Waals surface area contributed by atoms with Gasteiger partial charge in [0.05, 0.1) is 0 Å². The zero-order chi connectivity index (χ0) is 10.1. The van der Waals surface area contributed by atoms with Gasteiger partial charge in [0.2, 0.25) is 0 Å². The highest BCUT2D eigenvalue weighted by atomic mass is 79.9. The maximum absolute atomic E-state index is 5.88. The Kier molecular flexibility index (Phi) is 3.42. The van der Waals surface area contributed by atoms with Crippen molar-refractivity contribution in [1.29, 1.82) is 0 Å². The van der Waals surface area contributed by atoms with Crippen molar-refractivity contribution in [3.63, 3.8) is 0 Å². The van der Waals surface area contributed by atoms with Crippen molar-refractivity contribution in [2.45, 2.75) is 10.8 Å². The molecule has 0 spiro atoms. The first-order valence-corrected chi connectivity index (χ1v) is 7.49. The Bertz CT molecular complexity index is 464. The number of hydrogen-bond acceptors (Lipinski definition) is 2. The summed E-state index contributed by atoms with van der Waals surface area (Å²) < 4.78 is 2.46. The Balaban J connectivity index is 2.73. The molecular weight excluding hydrogens is 300 g/mol. The third-order valence-corrected chi connectivity index (χ3v) is 5.02. The van der Waals surface area contributed by atoms with Crippen LogP contribution in [0.4, 0.5) is 0 Å². The molecule has 0 radical (unpaired) electrons. The molecular formula is C10H8BrClS2. The molecule has 0 saturated heterocycles. The van der Waals surface area contributed by atoms with Crippen LogP contribution >= 0.6 is 50.6 Å². The first kappa shape index (κ1) is 10.8. The molecule has 0 unspecified atom stereocenters. The molecule has 2 aromatic rings.